The molecule has 2 unspecified atom stereocenters. The number of para-hydroxylation sites is 2. The maximum absolute atomic E-state index is 10.9. The monoisotopic (exact) mass is 301 g/mol. The lowest BCUT2D eigenvalue weighted by atomic mass is 9.67. The van der Waals surface area contributed by atoms with Crippen LogP contribution in [-0.4, -0.2) is 19.0 Å². The van der Waals surface area contributed by atoms with E-state index in [9.17, 15) is 10.1 Å². The van der Waals surface area contributed by atoms with Crippen molar-refractivity contribution in [3.63, 3.8) is 0 Å². The van der Waals surface area contributed by atoms with Gasteiger partial charge in [0, 0.05) is 6.42 Å². The molecule has 22 heavy (non-hydrogen) atoms. The van der Waals surface area contributed by atoms with Crippen molar-refractivity contribution in [2.75, 3.05) is 6.61 Å². The molecule has 2 atom stereocenters. The van der Waals surface area contributed by atoms with Crippen LogP contribution in [0, 0.1) is 22.7 Å². The van der Waals surface area contributed by atoms with E-state index in [4.69, 9.17) is 9.47 Å². The van der Waals surface area contributed by atoms with Crippen LogP contribution in [0.4, 0.5) is 0 Å². The minimum atomic E-state index is -0.696. The number of nitrogens with zero attached hydrogens (tertiary/aromatic N) is 1. The summed E-state index contributed by atoms with van der Waals surface area (Å²) in [4.78, 5) is 10.9. The molecule has 1 aromatic rings. The molecule has 0 bridgehead atoms. The van der Waals surface area contributed by atoms with Gasteiger partial charge in [-0.2, -0.15) is 5.26 Å². The number of ether oxygens (including phenoxy) is 2. The molecule has 0 radical (unpaired) electrons. The first-order valence-electron chi connectivity index (χ1n) is 7.95. The summed E-state index contributed by atoms with van der Waals surface area (Å²) in [6, 6.07) is 10.00. The Kier molecular flexibility index (Phi) is 5.43. The largest absolute Gasteiger partial charge is 0.486 e. The van der Waals surface area contributed by atoms with Crippen molar-refractivity contribution in [1.82, 2.24) is 0 Å². The summed E-state index contributed by atoms with van der Waals surface area (Å²) in [5, 5.41) is 9.93. The second-order valence-electron chi connectivity index (χ2n) is 5.74. The maximum atomic E-state index is 10.9. The number of nitriles is 1. The van der Waals surface area contributed by atoms with E-state index in [2.05, 4.69) is 19.9 Å². The molecule has 118 valence electrons. The van der Waals surface area contributed by atoms with Gasteiger partial charge in [-0.3, -0.25) is 0 Å². The lowest BCUT2D eigenvalue weighted by Gasteiger charge is -2.42. The minimum Gasteiger partial charge on any atom is -0.486 e. The number of carbonyl (C=O) groups excluding carboxylic acids is 1. The molecule has 1 aromatic carbocycles. The predicted octanol–water partition coefficient (Wildman–Crippen LogP) is 3.75. The van der Waals surface area contributed by atoms with E-state index in [-0.39, 0.29) is 12.0 Å². The number of hydrogen-bond donors (Lipinski definition) is 0. The summed E-state index contributed by atoms with van der Waals surface area (Å²) in [7, 11) is 0. The van der Waals surface area contributed by atoms with E-state index in [0.29, 0.717) is 30.9 Å². The standard InChI is InChI=1S/C18H23NO3/c1-3-14(4-2)18(13-19,10-7-11-20)17-12-21-15-8-5-6-9-16(15)22-17/h5-6,8-9,11,14,17H,3-4,7,10,12H2,1-2H3. The SMILES string of the molecule is CCC(CC)C(C#N)(CCC=O)C1COc2ccccc2O1. The number of benzene rings is 1. The Morgan fingerprint density at radius 3 is 2.64 bits per heavy atom. The zero-order valence-corrected chi connectivity index (χ0v) is 13.2. The van der Waals surface area contributed by atoms with Crippen molar-refractivity contribution in [3.05, 3.63) is 24.3 Å². The fourth-order valence-electron chi connectivity index (χ4n) is 3.44. The van der Waals surface area contributed by atoms with Crippen LogP contribution in [0.5, 0.6) is 11.5 Å². The van der Waals surface area contributed by atoms with E-state index in [1.807, 2.05) is 24.3 Å². The second kappa shape index (κ2) is 7.31. The van der Waals surface area contributed by atoms with Gasteiger partial charge in [0.25, 0.3) is 0 Å². The smallest absolute Gasteiger partial charge is 0.161 e. The molecule has 0 saturated heterocycles. The average Bonchev–Trinajstić information content (AvgIpc) is 2.58. The molecule has 4 nitrogen and oxygen atoms in total. The van der Waals surface area contributed by atoms with Crippen LogP contribution < -0.4 is 9.47 Å². The summed E-state index contributed by atoms with van der Waals surface area (Å²) < 4.78 is 11.9. The summed E-state index contributed by atoms with van der Waals surface area (Å²) in [5.41, 5.74) is -0.696. The molecular formula is C18H23NO3. The van der Waals surface area contributed by atoms with E-state index >= 15 is 0 Å². The van der Waals surface area contributed by atoms with E-state index < -0.39 is 5.41 Å². The van der Waals surface area contributed by atoms with E-state index in [1.165, 1.54) is 0 Å². The Hall–Kier alpha value is -2.02. The Balaban J connectivity index is 2.33. The summed E-state index contributed by atoms with van der Waals surface area (Å²) in [6.45, 7) is 4.51. The molecule has 0 saturated carbocycles. The highest BCUT2D eigenvalue weighted by atomic mass is 16.6. The van der Waals surface area contributed by atoms with Crippen molar-refractivity contribution in [2.45, 2.75) is 45.6 Å². The van der Waals surface area contributed by atoms with Crippen molar-refractivity contribution < 1.29 is 14.3 Å². The van der Waals surface area contributed by atoms with Crippen LogP contribution in [0.1, 0.15) is 39.5 Å². The van der Waals surface area contributed by atoms with Gasteiger partial charge >= 0.3 is 0 Å². The van der Waals surface area contributed by atoms with Gasteiger partial charge < -0.3 is 14.3 Å². The molecule has 0 aliphatic carbocycles. The van der Waals surface area contributed by atoms with Gasteiger partial charge in [0.2, 0.25) is 0 Å². The van der Waals surface area contributed by atoms with Crippen molar-refractivity contribution >= 4 is 6.29 Å². The lowest BCUT2D eigenvalue weighted by Crippen LogP contribution is -2.48. The van der Waals surface area contributed by atoms with Crippen molar-refractivity contribution in [1.29, 1.82) is 5.26 Å². The average molecular weight is 301 g/mol. The van der Waals surface area contributed by atoms with Gasteiger partial charge in [-0.1, -0.05) is 38.8 Å². The first-order chi connectivity index (χ1) is 10.7. The fourth-order valence-corrected chi connectivity index (χ4v) is 3.44. The third-order valence-electron chi connectivity index (χ3n) is 4.68. The second-order valence-corrected chi connectivity index (χ2v) is 5.74. The molecule has 0 spiro atoms. The molecule has 0 aromatic heterocycles. The van der Waals surface area contributed by atoms with E-state index in [0.717, 1.165) is 19.1 Å². The van der Waals surface area contributed by atoms with Gasteiger partial charge in [0.15, 0.2) is 17.6 Å². The number of aldehydes is 1. The Morgan fingerprint density at radius 2 is 2.05 bits per heavy atom. The highest BCUT2D eigenvalue weighted by Gasteiger charge is 2.47. The van der Waals surface area contributed by atoms with Crippen LogP contribution in [0.2, 0.25) is 0 Å². The van der Waals surface area contributed by atoms with Gasteiger partial charge in [-0.05, 0) is 24.5 Å². The molecular weight excluding hydrogens is 278 g/mol. The van der Waals surface area contributed by atoms with Crippen LogP contribution in [0.25, 0.3) is 0 Å². The normalized spacial score (nSPS) is 19.3. The number of fused-ring (bicyclic) bond motifs is 1. The highest BCUT2D eigenvalue weighted by molar-refractivity contribution is 5.49. The van der Waals surface area contributed by atoms with Gasteiger partial charge in [-0.25, -0.2) is 0 Å². The zero-order valence-electron chi connectivity index (χ0n) is 13.2. The third kappa shape index (κ3) is 2.94. The number of rotatable bonds is 7. The van der Waals surface area contributed by atoms with Crippen molar-refractivity contribution in [2.24, 2.45) is 11.3 Å². The quantitative estimate of drug-likeness (QED) is 0.720. The molecule has 4 heteroatoms. The molecule has 1 heterocycles. The topological polar surface area (TPSA) is 59.3 Å². The van der Waals surface area contributed by atoms with Crippen LogP contribution in [0.3, 0.4) is 0 Å². The Bertz CT molecular complexity index is 548. The van der Waals surface area contributed by atoms with Crippen LogP contribution >= 0.6 is 0 Å². The van der Waals surface area contributed by atoms with Crippen molar-refractivity contribution in [3.8, 4) is 17.6 Å². The molecule has 0 amide bonds. The molecule has 1 aliphatic rings. The van der Waals surface area contributed by atoms with Gasteiger partial charge in [0.05, 0.1) is 6.07 Å². The molecule has 0 N–H and O–H groups in total. The molecule has 1 aliphatic heterocycles. The maximum Gasteiger partial charge on any atom is 0.161 e. The summed E-state index contributed by atoms with van der Waals surface area (Å²) in [6.07, 6.45) is 3.17. The Morgan fingerprint density at radius 1 is 1.36 bits per heavy atom. The van der Waals surface area contributed by atoms with Gasteiger partial charge in [0.1, 0.15) is 18.3 Å². The summed E-state index contributed by atoms with van der Waals surface area (Å²) >= 11 is 0. The summed E-state index contributed by atoms with van der Waals surface area (Å²) in [5.74, 6) is 1.57. The van der Waals surface area contributed by atoms with Crippen LogP contribution in [0.15, 0.2) is 24.3 Å². The third-order valence-corrected chi connectivity index (χ3v) is 4.68. The number of carbonyl (C=O) groups is 1. The lowest BCUT2D eigenvalue weighted by molar-refractivity contribution is -0.109. The molecule has 2 rings (SSSR count). The van der Waals surface area contributed by atoms with Gasteiger partial charge in [-0.15, -0.1) is 0 Å². The fraction of sp³-hybridized carbons (Fsp3) is 0.556. The number of hydrogen-bond acceptors (Lipinski definition) is 4. The van der Waals surface area contributed by atoms with Crippen LogP contribution in [-0.2, 0) is 4.79 Å². The zero-order chi connectivity index (χ0) is 16.0. The minimum absolute atomic E-state index is 0.177. The molecule has 0 fully saturated rings. The highest BCUT2D eigenvalue weighted by Crippen LogP contribution is 2.44. The Labute approximate surface area is 132 Å². The first-order valence-corrected chi connectivity index (χ1v) is 7.95. The van der Waals surface area contributed by atoms with E-state index in [1.54, 1.807) is 0 Å². The predicted molar refractivity (Wildman–Crippen MR) is 83.8 cm³/mol. The first kappa shape index (κ1) is 16.4.